The van der Waals surface area contributed by atoms with Gasteiger partial charge in [0.25, 0.3) is 0 Å². The van der Waals surface area contributed by atoms with Gasteiger partial charge in [-0.1, -0.05) is 96.6 Å². The smallest absolute Gasteiger partial charge is 0.306 e. The van der Waals surface area contributed by atoms with Gasteiger partial charge in [0.2, 0.25) is 0 Å². The Morgan fingerprint density at radius 2 is 1.26 bits per heavy atom. The van der Waals surface area contributed by atoms with E-state index in [0.717, 1.165) is 64.2 Å². The van der Waals surface area contributed by atoms with Crippen molar-refractivity contribution in [3.63, 3.8) is 0 Å². The van der Waals surface area contributed by atoms with E-state index in [2.05, 4.69) is 26.0 Å². The molecular formula is C33H60O10. The van der Waals surface area contributed by atoms with Gasteiger partial charge in [-0.25, -0.2) is 0 Å². The van der Waals surface area contributed by atoms with Gasteiger partial charge in [-0.05, 0) is 32.1 Å². The monoisotopic (exact) mass is 616 g/mol. The molecule has 1 aliphatic rings. The van der Waals surface area contributed by atoms with Gasteiger partial charge in [0, 0.05) is 12.8 Å². The first kappa shape index (κ1) is 39.5. The third kappa shape index (κ3) is 18.8. The van der Waals surface area contributed by atoms with E-state index in [9.17, 15) is 30.0 Å². The summed E-state index contributed by atoms with van der Waals surface area (Å²) in [4.78, 5) is 24.9. The molecule has 0 aromatic rings. The number of esters is 2. The number of aliphatic hydroxyl groups excluding tert-OH is 4. The fourth-order valence-corrected chi connectivity index (χ4v) is 4.87. The maximum Gasteiger partial charge on any atom is 0.306 e. The van der Waals surface area contributed by atoms with Crippen LogP contribution in [-0.4, -0.2) is 89.0 Å². The van der Waals surface area contributed by atoms with Gasteiger partial charge in [0.05, 0.1) is 13.2 Å². The molecule has 10 nitrogen and oxygen atoms in total. The number of rotatable bonds is 26. The normalized spacial score (nSPS) is 23.0. The lowest BCUT2D eigenvalue weighted by molar-refractivity contribution is -0.305. The van der Waals surface area contributed by atoms with Gasteiger partial charge in [-0.15, -0.1) is 0 Å². The zero-order chi connectivity index (χ0) is 31.7. The summed E-state index contributed by atoms with van der Waals surface area (Å²) >= 11 is 0. The van der Waals surface area contributed by atoms with Crippen molar-refractivity contribution < 1.29 is 49.0 Å². The Morgan fingerprint density at radius 3 is 1.88 bits per heavy atom. The van der Waals surface area contributed by atoms with Gasteiger partial charge < -0.3 is 39.4 Å². The van der Waals surface area contributed by atoms with E-state index in [0.29, 0.717) is 6.42 Å². The molecule has 0 radical (unpaired) electrons. The van der Waals surface area contributed by atoms with Crippen LogP contribution in [0.25, 0.3) is 0 Å². The number of aliphatic hydroxyl groups is 4. The van der Waals surface area contributed by atoms with Crippen molar-refractivity contribution in [2.75, 3.05) is 19.8 Å². The SMILES string of the molecule is CCCC/C=C\CCCCCCCC(=O)OC(COC(=O)CCCCCCCCC)COC1OC(CO)C(O)C(O)C1O. The Bertz CT molecular complexity index is 728. The van der Waals surface area contributed by atoms with Crippen LogP contribution in [0.1, 0.15) is 129 Å². The summed E-state index contributed by atoms with van der Waals surface area (Å²) in [5.74, 6) is -0.827. The lowest BCUT2D eigenvalue weighted by Gasteiger charge is -2.39. The second-order valence-electron chi connectivity index (χ2n) is 11.6. The average Bonchev–Trinajstić information content (AvgIpc) is 3.00. The molecule has 1 heterocycles. The Hall–Kier alpha value is -1.56. The minimum atomic E-state index is -1.59. The fourth-order valence-electron chi connectivity index (χ4n) is 4.87. The van der Waals surface area contributed by atoms with E-state index >= 15 is 0 Å². The van der Waals surface area contributed by atoms with Crippen LogP contribution in [-0.2, 0) is 28.5 Å². The van der Waals surface area contributed by atoms with Crippen molar-refractivity contribution in [2.45, 2.75) is 166 Å². The minimum Gasteiger partial charge on any atom is -0.462 e. The van der Waals surface area contributed by atoms with Crippen molar-refractivity contribution in [1.82, 2.24) is 0 Å². The number of hydrogen-bond donors (Lipinski definition) is 4. The minimum absolute atomic E-state index is 0.218. The second-order valence-corrected chi connectivity index (χ2v) is 11.6. The molecule has 0 saturated carbocycles. The van der Waals surface area contributed by atoms with E-state index in [1.807, 2.05) is 0 Å². The number of ether oxygens (including phenoxy) is 4. The van der Waals surface area contributed by atoms with Crippen LogP contribution in [0.2, 0.25) is 0 Å². The first-order valence-corrected chi connectivity index (χ1v) is 16.8. The summed E-state index contributed by atoms with van der Waals surface area (Å²) in [6.45, 7) is 3.28. The van der Waals surface area contributed by atoms with Crippen LogP contribution in [0, 0.1) is 0 Å². The molecule has 4 N–H and O–H groups in total. The summed E-state index contributed by atoms with van der Waals surface area (Å²) in [6.07, 6.45) is 14.0. The summed E-state index contributed by atoms with van der Waals surface area (Å²) in [5.41, 5.74) is 0. The molecule has 0 spiro atoms. The molecular weight excluding hydrogens is 556 g/mol. The van der Waals surface area contributed by atoms with Gasteiger partial charge in [-0.3, -0.25) is 9.59 Å². The van der Waals surface area contributed by atoms with E-state index < -0.39 is 49.4 Å². The highest BCUT2D eigenvalue weighted by molar-refractivity contribution is 5.70. The Kier molecular flexibility index (Phi) is 23.6. The van der Waals surface area contributed by atoms with Crippen molar-refractivity contribution in [3.8, 4) is 0 Å². The second kappa shape index (κ2) is 25.7. The van der Waals surface area contributed by atoms with Crippen molar-refractivity contribution in [1.29, 1.82) is 0 Å². The largest absolute Gasteiger partial charge is 0.462 e. The summed E-state index contributed by atoms with van der Waals surface area (Å²) < 4.78 is 21.9. The Balaban J connectivity index is 2.47. The molecule has 252 valence electrons. The van der Waals surface area contributed by atoms with E-state index in [1.54, 1.807) is 0 Å². The maximum atomic E-state index is 12.6. The molecule has 6 unspecified atom stereocenters. The fraction of sp³-hybridized carbons (Fsp3) is 0.879. The van der Waals surface area contributed by atoms with Crippen molar-refractivity contribution >= 4 is 11.9 Å². The van der Waals surface area contributed by atoms with E-state index in [1.165, 1.54) is 32.1 Å². The molecule has 10 heteroatoms. The zero-order valence-corrected chi connectivity index (χ0v) is 26.7. The molecule has 0 aliphatic carbocycles. The molecule has 1 rings (SSSR count). The zero-order valence-electron chi connectivity index (χ0n) is 26.7. The average molecular weight is 617 g/mol. The third-order valence-electron chi connectivity index (χ3n) is 7.65. The molecule has 43 heavy (non-hydrogen) atoms. The van der Waals surface area contributed by atoms with Gasteiger partial charge in [0.15, 0.2) is 12.4 Å². The Morgan fingerprint density at radius 1 is 0.698 bits per heavy atom. The number of carbonyl (C=O) groups is 2. The van der Waals surface area contributed by atoms with Crippen molar-refractivity contribution in [3.05, 3.63) is 12.2 Å². The lowest BCUT2D eigenvalue weighted by atomic mass is 9.99. The van der Waals surface area contributed by atoms with Gasteiger partial charge >= 0.3 is 11.9 Å². The molecule has 1 aliphatic heterocycles. The number of hydrogen-bond acceptors (Lipinski definition) is 10. The van der Waals surface area contributed by atoms with Crippen molar-refractivity contribution in [2.24, 2.45) is 0 Å². The maximum absolute atomic E-state index is 12.6. The summed E-state index contributed by atoms with van der Waals surface area (Å²) in [6, 6.07) is 0. The highest BCUT2D eigenvalue weighted by Crippen LogP contribution is 2.22. The molecule has 0 amide bonds. The number of unbranched alkanes of at least 4 members (excludes halogenated alkanes) is 13. The summed E-state index contributed by atoms with van der Waals surface area (Å²) in [7, 11) is 0. The topological polar surface area (TPSA) is 152 Å². The van der Waals surface area contributed by atoms with E-state index in [-0.39, 0.29) is 32.0 Å². The molecule has 1 fully saturated rings. The van der Waals surface area contributed by atoms with E-state index in [4.69, 9.17) is 18.9 Å². The van der Waals surface area contributed by atoms with Gasteiger partial charge in [0.1, 0.15) is 31.0 Å². The number of carbonyl (C=O) groups excluding carboxylic acids is 2. The molecule has 1 saturated heterocycles. The van der Waals surface area contributed by atoms with Crippen LogP contribution in [0.4, 0.5) is 0 Å². The Labute approximate surface area is 259 Å². The standard InChI is InChI=1S/C33H60O10/c1-3-5-7-9-11-12-13-14-16-18-20-22-29(36)42-26(24-40-28(35)21-19-17-15-10-8-6-4-2)25-41-33-32(39)31(38)30(37)27(23-34)43-33/h9,11,26-27,30-34,37-39H,3-8,10,12-25H2,1-2H3/b11-9-. The quantitative estimate of drug-likeness (QED) is 0.0601. The summed E-state index contributed by atoms with van der Waals surface area (Å²) in [5, 5.41) is 39.7. The van der Waals surface area contributed by atoms with Gasteiger partial charge in [-0.2, -0.15) is 0 Å². The molecule has 0 aromatic carbocycles. The van der Waals surface area contributed by atoms with Crippen LogP contribution in [0.5, 0.6) is 0 Å². The first-order chi connectivity index (χ1) is 20.8. The lowest BCUT2D eigenvalue weighted by Crippen LogP contribution is -2.59. The molecule has 0 bridgehead atoms. The van der Waals surface area contributed by atoms with Crippen LogP contribution in [0.3, 0.4) is 0 Å². The predicted octanol–water partition coefficient (Wildman–Crippen LogP) is 4.88. The first-order valence-electron chi connectivity index (χ1n) is 16.8. The highest BCUT2D eigenvalue weighted by Gasteiger charge is 2.44. The number of allylic oxidation sites excluding steroid dienone is 2. The molecule has 0 aromatic heterocycles. The van der Waals surface area contributed by atoms with Crippen LogP contribution < -0.4 is 0 Å². The third-order valence-corrected chi connectivity index (χ3v) is 7.65. The predicted molar refractivity (Wildman–Crippen MR) is 164 cm³/mol. The molecule has 6 atom stereocenters. The highest BCUT2D eigenvalue weighted by atomic mass is 16.7. The van der Waals surface area contributed by atoms with Crippen LogP contribution >= 0.6 is 0 Å². The van der Waals surface area contributed by atoms with Crippen LogP contribution in [0.15, 0.2) is 12.2 Å².